The molecular formula is C17H12ClN7O2. The first kappa shape index (κ1) is 16.9. The summed E-state index contributed by atoms with van der Waals surface area (Å²) in [5.74, 6) is -0.496. The molecule has 0 saturated carbocycles. The Bertz CT molecular complexity index is 1060. The van der Waals surface area contributed by atoms with E-state index in [-0.39, 0.29) is 18.3 Å². The number of halogens is 1. The first-order valence-electron chi connectivity index (χ1n) is 7.89. The summed E-state index contributed by atoms with van der Waals surface area (Å²) in [6.45, 7) is 0.254. The van der Waals surface area contributed by atoms with Gasteiger partial charge in [-0.25, -0.2) is 4.68 Å². The quantitative estimate of drug-likeness (QED) is 0.564. The molecule has 0 spiro atoms. The lowest BCUT2D eigenvalue weighted by molar-refractivity contribution is 0.0906. The largest absolute Gasteiger partial charge is 0.342 e. The number of amides is 1. The van der Waals surface area contributed by atoms with Crippen LogP contribution in [0.4, 0.5) is 0 Å². The number of carbonyl (C=O) groups excluding carboxylic acids is 1. The fourth-order valence-corrected chi connectivity index (χ4v) is 2.38. The minimum absolute atomic E-state index is 0.165. The smallest absolute Gasteiger partial charge is 0.316 e. The van der Waals surface area contributed by atoms with E-state index in [1.807, 2.05) is 6.07 Å². The highest BCUT2D eigenvalue weighted by Crippen LogP contribution is 2.16. The summed E-state index contributed by atoms with van der Waals surface area (Å²) in [4.78, 5) is 20.3. The van der Waals surface area contributed by atoms with Crippen molar-refractivity contribution in [3.63, 3.8) is 0 Å². The molecule has 4 aromatic rings. The van der Waals surface area contributed by atoms with Gasteiger partial charge in [-0.3, -0.25) is 9.78 Å². The van der Waals surface area contributed by atoms with Crippen molar-refractivity contribution in [1.29, 1.82) is 0 Å². The summed E-state index contributed by atoms with van der Waals surface area (Å²) in [6, 6.07) is 12.5. The Balaban J connectivity index is 1.46. The monoisotopic (exact) mass is 381 g/mol. The van der Waals surface area contributed by atoms with Crippen LogP contribution in [0.2, 0.25) is 5.02 Å². The molecule has 0 unspecified atom stereocenters. The van der Waals surface area contributed by atoms with Crippen molar-refractivity contribution >= 4 is 17.5 Å². The van der Waals surface area contributed by atoms with Crippen molar-refractivity contribution in [2.45, 2.75) is 6.54 Å². The van der Waals surface area contributed by atoms with Crippen molar-refractivity contribution in [2.24, 2.45) is 0 Å². The van der Waals surface area contributed by atoms with Crippen LogP contribution in [-0.4, -0.2) is 36.0 Å². The Hall–Kier alpha value is -3.59. The van der Waals surface area contributed by atoms with Crippen molar-refractivity contribution in [3.8, 4) is 17.2 Å². The molecule has 0 aliphatic heterocycles. The zero-order chi connectivity index (χ0) is 18.6. The van der Waals surface area contributed by atoms with E-state index in [0.717, 1.165) is 11.4 Å². The fourth-order valence-electron chi connectivity index (χ4n) is 2.26. The minimum atomic E-state index is -0.496. The third-order valence-electron chi connectivity index (χ3n) is 3.59. The van der Waals surface area contributed by atoms with Gasteiger partial charge >= 0.3 is 11.8 Å². The number of hydrogen-bond acceptors (Lipinski definition) is 7. The van der Waals surface area contributed by atoms with Crippen LogP contribution >= 0.6 is 11.6 Å². The van der Waals surface area contributed by atoms with Crippen LogP contribution in [0.15, 0.2) is 59.4 Å². The van der Waals surface area contributed by atoms with E-state index in [0.29, 0.717) is 10.7 Å². The van der Waals surface area contributed by atoms with Gasteiger partial charge in [0.25, 0.3) is 0 Å². The van der Waals surface area contributed by atoms with E-state index >= 15 is 0 Å². The summed E-state index contributed by atoms with van der Waals surface area (Å²) < 4.78 is 6.56. The highest BCUT2D eigenvalue weighted by molar-refractivity contribution is 6.30. The number of rotatable bonds is 5. The number of pyridine rings is 1. The molecule has 0 atom stereocenters. The van der Waals surface area contributed by atoms with E-state index in [1.165, 1.54) is 0 Å². The molecule has 0 fully saturated rings. The second-order valence-corrected chi connectivity index (χ2v) is 5.89. The molecule has 134 valence electrons. The maximum absolute atomic E-state index is 12.1. The molecule has 0 aliphatic rings. The van der Waals surface area contributed by atoms with Crippen molar-refractivity contribution in [1.82, 2.24) is 35.4 Å². The maximum atomic E-state index is 12.1. The lowest BCUT2D eigenvalue weighted by Crippen LogP contribution is -2.23. The fraction of sp³-hybridized carbons (Fsp3) is 0.0588. The van der Waals surface area contributed by atoms with Crippen LogP contribution in [0.25, 0.3) is 17.2 Å². The molecule has 27 heavy (non-hydrogen) atoms. The Morgan fingerprint density at radius 2 is 2.04 bits per heavy atom. The van der Waals surface area contributed by atoms with Crippen LogP contribution in [0.5, 0.6) is 0 Å². The molecule has 9 nitrogen and oxygen atoms in total. The van der Waals surface area contributed by atoms with Crippen LogP contribution < -0.4 is 5.32 Å². The van der Waals surface area contributed by atoms with Crippen molar-refractivity contribution < 1.29 is 9.32 Å². The van der Waals surface area contributed by atoms with Gasteiger partial charge in [-0.05, 0) is 36.4 Å². The zero-order valence-electron chi connectivity index (χ0n) is 13.8. The lowest BCUT2D eigenvalue weighted by atomic mass is 10.3. The van der Waals surface area contributed by atoms with Gasteiger partial charge in [0.05, 0.1) is 24.1 Å². The summed E-state index contributed by atoms with van der Waals surface area (Å²) in [5.41, 5.74) is 1.86. The molecule has 1 aromatic carbocycles. The molecule has 0 aliphatic carbocycles. The molecule has 1 amide bonds. The molecule has 3 heterocycles. The van der Waals surface area contributed by atoms with Crippen molar-refractivity contribution in [3.05, 3.63) is 71.5 Å². The second-order valence-electron chi connectivity index (χ2n) is 5.45. The van der Waals surface area contributed by atoms with E-state index in [9.17, 15) is 4.79 Å². The standard InChI is InChI=1S/C17H12ClN7O2/c18-11-4-6-13(7-5-11)25-10-14(22-24-25)15-21-17(27-23-15)16(26)20-9-12-3-1-2-8-19-12/h1-8,10H,9H2,(H,20,26). The Kier molecular flexibility index (Phi) is 4.58. The Morgan fingerprint density at radius 1 is 1.19 bits per heavy atom. The molecule has 0 bridgehead atoms. The van der Waals surface area contributed by atoms with Gasteiger partial charge < -0.3 is 9.84 Å². The number of carbonyl (C=O) groups is 1. The second kappa shape index (κ2) is 7.34. The first-order valence-corrected chi connectivity index (χ1v) is 8.27. The van der Waals surface area contributed by atoms with Crippen LogP contribution in [-0.2, 0) is 6.54 Å². The third-order valence-corrected chi connectivity index (χ3v) is 3.84. The van der Waals surface area contributed by atoms with E-state index in [2.05, 4.69) is 30.8 Å². The molecule has 4 rings (SSSR count). The first-order chi connectivity index (χ1) is 13.2. The van der Waals surface area contributed by atoms with Gasteiger partial charge in [0.2, 0.25) is 5.82 Å². The Morgan fingerprint density at radius 3 is 2.81 bits per heavy atom. The molecular weight excluding hydrogens is 370 g/mol. The van der Waals surface area contributed by atoms with E-state index < -0.39 is 5.91 Å². The van der Waals surface area contributed by atoms with Gasteiger partial charge in [0.1, 0.15) is 0 Å². The van der Waals surface area contributed by atoms with Gasteiger partial charge in [-0.15, -0.1) is 5.10 Å². The predicted molar refractivity (Wildman–Crippen MR) is 95.1 cm³/mol. The molecule has 0 radical (unpaired) electrons. The van der Waals surface area contributed by atoms with Crippen LogP contribution in [0.1, 0.15) is 16.4 Å². The number of hydrogen-bond donors (Lipinski definition) is 1. The molecule has 10 heteroatoms. The third kappa shape index (κ3) is 3.82. The topological polar surface area (TPSA) is 112 Å². The summed E-state index contributed by atoms with van der Waals surface area (Å²) in [5, 5.41) is 15.1. The minimum Gasteiger partial charge on any atom is -0.342 e. The highest BCUT2D eigenvalue weighted by atomic mass is 35.5. The number of nitrogens with zero attached hydrogens (tertiary/aromatic N) is 6. The van der Waals surface area contributed by atoms with E-state index in [1.54, 1.807) is 53.5 Å². The predicted octanol–water partition coefficient (Wildman–Crippen LogP) is 2.30. The normalized spacial score (nSPS) is 10.7. The summed E-state index contributed by atoms with van der Waals surface area (Å²) >= 11 is 5.88. The lowest BCUT2D eigenvalue weighted by Gasteiger charge is -2.00. The molecule has 0 saturated heterocycles. The van der Waals surface area contributed by atoms with Gasteiger partial charge in [-0.1, -0.05) is 28.0 Å². The van der Waals surface area contributed by atoms with Crippen LogP contribution in [0, 0.1) is 0 Å². The SMILES string of the molecule is O=C(NCc1ccccn1)c1nc(-c2cn(-c3ccc(Cl)cc3)nn2)no1. The highest BCUT2D eigenvalue weighted by Gasteiger charge is 2.18. The van der Waals surface area contributed by atoms with Gasteiger partial charge in [0, 0.05) is 11.2 Å². The summed E-state index contributed by atoms with van der Waals surface area (Å²) in [7, 11) is 0. The molecule has 3 aromatic heterocycles. The van der Waals surface area contributed by atoms with Gasteiger partial charge in [-0.2, -0.15) is 4.98 Å². The number of benzene rings is 1. The zero-order valence-corrected chi connectivity index (χ0v) is 14.5. The number of nitrogens with one attached hydrogen (secondary N) is 1. The molecule has 1 N–H and O–H groups in total. The summed E-state index contributed by atoms with van der Waals surface area (Å²) in [6.07, 6.45) is 3.28. The van der Waals surface area contributed by atoms with Crippen molar-refractivity contribution in [2.75, 3.05) is 0 Å². The maximum Gasteiger partial charge on any atom is 0.316 e. The van der Waals surface area contributed by atoms with Gasteiger partial charge in [0.15, 0.2) is 5.69 Å². The average molecular weight is 382 g/mol. The van der Waals surface area contributed by atoms with Crippen LogP contribution in [0.3, 0.4) is 0 Å². The average Bonchev–Trinajstić information content (AvgIpc) is 3.37. The van der Waals surface area contributed by atoms with E-state index in [4.69, 9.17) is 16.1 Å². The number of aromatic nitrogens is 6. The Labute approximate surface area is 158 Å².